The molecule has 0 saturated carbocycles. The molecule has 0 aliphatic carbocycles. The first kappa shape index (κ1) is 14.7. The Hall–Kier alpha value is -2.73. The molecular weight excluding hydrogens is 302 g/mol. The largest absolute Gasteiger partial charge is 0.323 e. The van der Waals surface area contributed by atoms with Crippen LogP contribution >= 0.6 is 0 Å². The number of hydrogen-bond acceptors (Lipinski definition) is 8. The van der Waals surface area contributed by atoms with Crippen LogP contribution in [0.15, 0.2) is 29.4 Å². The fourth-order valence-electron chi connectivity index (χ4n) is 1.53. The maximum absolute atomic E-state index is 12.3. The van der Waals surface area contributed by atoms with Crippen molar-refractivity contribution in [3.05, 3.63) is 34.6 Å². The number of hydrogen-bond donors (Lipinski definition) is 3. The van der Waals surface area contributed by atoms with Crippen LogP contribution in [-0.2, 0) is 17.1 Å². The molecule has 0 fully saturated rings. The number of anilines is 2. The Kier molecular flexibility index (Phi) is 3.73. The number of sulfonamides is 1. The fourth-order valence-corrected chi connectivity index (χ4v) is 2.76. The van der Waals surface area contributed by atoms with Gasteiger partial charge < -0.3 is 5.43 Å². The molecule has 12 heteroatoms. The molecule has 2 rings (SSSR count). The molecule has 1 aromatic heterocycles. The number of rotatable bonds is 5. The van der Waals surface area contributed by atoms with Gasteiger partial charge in [-0.15, -0.1) is 0 Å². The summed E-state index contributed by atoms with van der Waals surface area (Å²) in [5.74, 6) is 5.19. The summed E-state index contributed by atoms with van der Waals surface area (Å²) < 4.78 is 28.0. The van der Waals surface area contributed by atoms with Gasteiger partial charge >= 0.3 is 0 Å². The van der Waals surface area contributed by atoms with E-state index in [4.69, 9.17) is 5.84 Å². The molecule has 0 aliphatic rings. The first-order valence-corrected chi connectivity index (χ1v) is 6.95. The number of benzene rings is 1. The summed E-state index contributed by atoms with van der Waals surface area (Å²) in [6.45, 7) is 0. The van der Waals surface area contributed by atoms with Gasteiger partial charge in [0.05, 0.1) is 10.6 Å². The number of nitrogen functional groups attached to an aromatic ring is 1. The Morgan fingerprint density at radius 1 is 1.43 bits per heavy atom. The summed E-state index contributed by atoms with van der Waals surface area (Å²) in [7, 11) is -2.64. The van der Waals surface area contributed by atoms with Crippen LogP contribution in [0.25, 0.3) is 0 Å². The zero-order valence-corrected chi connectivity index (χ0v) is 11.5. The molecule has 4 N–H and O–H groups in total. The molecule has 1 heterocycles. The van der Waals surface area contributed by atoms with E-state index in [0.717, 1.165) is 18.5 Å². The van der Waals surface area contributed by atoms with Crippen molar-refractivity contribution in [1.29, 1.82) is 0 Å². The van der Waals surface area contributed by atoms with Gasteiger partial charge in [-0.05, 0) is 6.07 Å². The van der Waals surface area contributed by atoms with Gasteiger partial charge in [-0.2, -0.15) is 10.1 Å². The van der Waals surface area contributed by atoms with E-state index in [1.807, 2.05) is 0 Å². The van der Waals surface area contributed by atoms with Crippen molar-refractivity contribution in [2.75, 3.05) is 10.1 Å². The van der Waals surface area contributed by atoms with Gasteiger partial charge in [-0.3, -0.25) is 16.0 Å². The second kappa shape index (κ2) is 5.34. The van der Waals surface area contributed by atoms with E-state index in [9.17, 15) is 18.5 Å². The standard InChI is InChI=1S/C9H11N7O4S/c1-15-9(11-5-12-15)14-21(19,20)8-4-6(16(17)18)2-3-7(8)13-10/h2-5,13H,10H2,1H3,(H,11,12,14). The smallest absolute Gasteiger partial charge is 0.270 e. The summed E-state index contributed by atoms with van der Waals surface area (Å²) in [4.78, 5) is 13.4. The molecule has 0 bridgehead atoms. The molecule has 0 amide bonds. The average Bonchev–Trinajstić information content (AvgIpc) is 2.82. The molecular formula is C9H11N7O4S. The predicted octanol–water partition coefficient (Wildman–Crippen LogP) is -0.190. The molecule has 1 aromatic carbocycles. The van der Waals surface area contributed by atoms with E-state index in [2.05, 4.69) is 20.2 Å². The lowest BCUT2D eigenvalue weighted by Gasteiger charge is -2.10. The van der Waals surface area contributed by atoms with Gasteiger partial charge in [-0.1, -0.05) is 0 Å². The number of aryl methyl sites for hydroxylation is 1. The normalized spacial score (nSPS) is 11.1. The second-order valence-electron chi connectivity index (χ2n) is 3.89. The minimum atomic E-state index is -4.12. The highest BCUT2D eigenvalue weighted by atomic mass is 32.2. The van der Waals surface area contributed by atoms with Gasteiger partial charge in [0.1, 0.15) is 11.2 Å². The molecule has 0 saturated heterocycles. The van der Waals surface area contributed by atoms with Crippen molar-refractivity contribution in [3.63, 3.8) is 0 Å². The lowest BCUT2D eigenvalue weighted by atomic mass is 10.3. The van der Waals surface area contributed by atoms with Gasteiger partial charge in [0.15, 0.2) is 0 Å². The predicted molar refractivity (Wildman–Crippen MR) is 72.7 cm³/mol. The van der Waals surface area contributed by atoms with E-state index < -0.39 is 14.9 Å². The van der Waals surface area contributed by atoms with E-state index in [0.29, 0.717) is 0 Å². The average molecular weight is 313 g/mol. The van der Waals surface area contributed by atoms with E-state index in [1.54, 1.807) is 0 Å². The highest BCUT2D eigenvalue weighted by molar-refractivity contribution is 7.92. The zero-order valence-electron chi connectivity index (χ0n) is 10.7. The molecule has 2 aromatic rings. The van der Waals surface area contributed by atoms with E-state index in [1.165, 1.54) is 17.8 Å². The second-order valence-corrected chi connectivity index (χ2v) is 5.55. The molecule has 0 unspecified atom stereocenters. The molecule has 0 spiro atoms. The third-order valence-corrected chi connectivity index (χ3v) is 3.93. The van der Waals surface area contributed by atoms with Crippen LogP contribution in [0, 0.1) is 10.1 Å². The van der Waals surface area contributed by atoms with Crippen LogP contribution in [-0.4, -0.2) is 28.1 Å². The van der Waals surface area contributed by atoms with Crippen LogP contribution < -0.4 is 16.0 Å². The third kappa shape index (κ3) is 2.90. The number of nitro groups is 1. The van der Waals surface area contributed by atoms with Crippen LogP contribution in [0.3, 0.4) is 0 Å². The Morgan fingerprint density at radius 2 is 2.14 bits per heavy atom. The third-order valence-electron chi connectivity index (χ3n) is 2.56. The molecule has 112 valence electrons. The number of aromatic nitrogens is 3. The summed E-state index contributed by atoms with van der Waals surface area (Å²) in [6.07, 6.45) is 1.16. The summed E-state index contributed by atoms with van der Waals surface area (Å²) in [5, 5.41) is 14.5. The number of nitrogens with zero attached hydrogens (tertiary/aromatic N) is 4. The van der Waals surface area contributed by atoms with Crippen molar-refractivity contribution in [2.24, 2.45) is 12.9 Å². The summed E-state index contributed by atoms with van der Waals surface area (Å²) in [6, 6.07) is 3.23. The number of hydrazine groups is 1. The molecule has 0 atom stereocenters. The minimum Gasteiger partial charge on any atom is -0.323 e. The Bertz CT molecular complexity index is 785. The van der Waals surface area contributed by atoms with Gasteiger partial charge in [0, 0.05) is 19.2 Å². The lowest BCUT2D eigenvalue weighted by molar-refractivity contribution is -0.385. The van der Waals surface area contributed by atoms with Gasteiger partial charge in [0.25, 0.3) is 15.7 Å². The van der Waals surface area contributed by atoms with Gasteiger partial charge in [-0.25, -0.2) is 17.8 Å². The number of nitrogens with two attached hydrogens (primary N) is 1. The number of nitro benzene ring substituents is 1. The molecule has 21 heavy (non-hydrogen) atoms. The highest BCUT2D eigenvalue weighted by Crippen LogP contribution is 2.27. The first-order valence-electron chi connectivity index (χ1n) is 5.47. The van der Waals surface area contributed by atoms with Crippen molar-refractivity contribution in [2.45, 2.75) is 4.90 Å². The van der Waals surface area contributed by atoms with Crippen LogP contribution in [0.4, 0.5) is 17.3 Å². The molecule has 0 aliphatic heterocycles. The van der Waals surface area contributed by atoms with Crippen molar-refractivity contribution in [3.8, 4) is 0 Å². The quantitative estimate of drug-likeness (QED) is 0.389. The number of nitrogens with one attached hydrogen (secondary N) is 2. The van der Waals surface area contributed by atoms with Gasteiger partial charge in [0.2, 0.25) is 5.95 Å². The SMILES string of the molecule is Cn1ncnc1NS(=O)(=O)c1cc([N+](=O)[O-])ccc1NN. The zero-order chi connectivity index (χ0) is 15.6. The van der Waals surface area contributed by atoms with Crippen molar-refractivity contribution < 1.29 is 13.3 Å². The Balaban J connectivity index is 2.50. The number of non-ortho nitro benzene ring substituents is 1. The minimum absolute atomic E-state index is 0.00951. The highest BCUT2D eigenvalue weighted by Gasteiger charge is 2.23. The van der Waals surface area contributed by atoms with E-state index in [-0.39, 0.29) is 22.2 Å². The Labute approximate surface area is 119 Å². The summed E-state index contributed by atoms with van der Waals surface area (Å²) >= 11 is 0. The Morgan fingerprint density at radius 3 is 2.67 bits per heavy atom. The topological polar surface area (TPSA) is 158 Å². The monoisotopic (exact) mass is 313 g/mol. The van der Waals surface area contributed by atoms with Crippen LogP contribution in [0.2, 0.25) is 0 Å². The first-order chi connectivity index (χ1) is 9.85. The van der Waals surface area contributed by atoms with E-state index >= 15 is 0 Å². The lowest BCUT2D eigenvalue weighted by Crippen LogP contribution is -2.19. The maximum atomic E-state index is 12.3. The molecule has 0 radical (unpaired) electrons. The fraction of sp³-hybridized carbons (Fsp3) is 0.111. The molecule has 11 nitrogen and oxygen atoms in total. The van der Waals surface area contributed by atoms with Crippen molar-refractivity contribution in [1.82, 2.24) is 14.8 Å². The maximum Gasteiger partial charge on any atom is 0.270 e. The summed E-state index contributed by atoms with van der Waals surface area (Å²) in [5.41, 5.74) is 1.80. The van der Waals surface area contributed by atoms with Crippen LogP contribution in [0.5, 0.6) is 0 Å². The van der Waals surface area contributed by atoms with Crippen LogP contribution in [0.1, 0.15) is 0 Å². The van der Waals surface area contributed by atoms with Crippen molar-refractivity contribution >= 4 is 27.3 Å².